The molecule has 0 spiro atoms. The van der Waals surface area contributed by atoms with Crippen LogP contribution in [0.4, 0.5) is 11.4 Å². The van der Waals surface area contributed by atoms with Gasteiger partial charge in [0.05, 0.1) is 17.8 Å². The maximum atomic E-state index is 12.7. The van der Waals surface area contributed by atoms with Crippen LogP contribution in [0.3, 0.4) is 0 Å². The number of hydrogen-bond acceptors (Lipinski definition) is 4. The largest absolute Gasteiger partial charge is 0.347 e. The number of rotatable bonds is 5. The summed E-state index contributed by atoms with van der Waals surface area (Å²) in [4.78, 5) is 51.6. The Hall–Kier alpha value is -3.97. The minimum Gasteiger partial charge on any atom is -0.347 e. The number of carbonyl (C=O) groups excluding carboxylic acids is 4. The van der Waals surface area contributed by atoms with Gasteiger partial charge < -0.3 is 15.5 Å². The van der Waals surface area contributed by atoms with E-state index in [9.17, 15) is 19.2 Å². The Morgan fingerprint density at radius 1 is 0.857 bits per heavy atom. The lowest BCUT2D eigenvalue weighted by Gasteiger charge is -2.21. The maximum absolute atomic E-state index is 12.7. The molecule has 0 saturated heterocycles. The van der Waals surface area contributed by atoms with Crippen LogP contribution in [0.1, 0.15) is 57.4 Å². The van der Waals surface area contributed by atoms with Gasteiger partial charge in [0.25, 0.3) is 23.5 Å². The van der Waals surface area contributed by atoms with Gasteiger partial charge in [0.2, 0.25) is 0 Å². The molecule has 0 unspecified atom stereocenters. The minimum absolute atomic E-state index is 0.176. The Kier molecular flexibility index (Phi) is 6.45. The van der Waals surface area contributed by atoms with Crippen molar-refractivity contribution in [2.75, 3.05) is 10.2 Å². The van der Waals surface area contributed by atoms with Crippen LogP contribution in [0.2, 0.25) is 5.02 Å². The zero-order valence-electron chi connectivity index (χ0n) is 19.5. The van der Waals surface area contributed by atoms with E-state index in [4.69, 9.17) is 11.6 Å². The molecule has 3 aromatic carbocycles. The summed E-state index contributed by atoms with van der Waals surface area (Å²) in [6.07, 6.45) is 0. The van der Waals surface area contributed by atoms with Crippen LogP contribution in [0, 0.1) is 0 Å². The first kappa shape index (κ1) is 24.2. The number of hydrogen-bond donors (Lipinski definition) is 2. The van der Waals surface area contributed by atoms with Gasteiger partial charge in [-0.15, -0.1) is 0 Å². The number of fused-ring (bicyclic) bond motifs is 1. The van der Waals surface area contributed by atoms with Crippen LogP contribution in [0.25, 0.3) is 0 Å². The van der Waals surface area contributed by atoms with Gasteiger partial charge in [-0.3, -0.25) is 19.2 Å². The number of amides is 3. The second-order valence-electron chi connectivity index (χ2n) is 9.31. The molecule has 2 N–H and O–H groups in total. The molecule has 1 heterocycles. The maximum Gasteiger partial charge on any atom is 0.299 e. The lowest BCUT2D eigenvalue weighted by atomic mass is 10.1. The highest BCUT2D eigenvalue weighted by Gasteiger charge is 2.36. The Bertz CT molecular complexity index is 1330. The van der Waals surface area contributed by atoms with Crippen molar-refractivity contribution in [3.8, 4) is 0 Å². The second kappa shape index (κ2) is 9.35. The number of nitrogens with zero attached hydrogens (tertiary/aromatic N) is 1. The van der Waals surface area contributed by atoms with Gasteiger partial charge in [0, 0.05) is 27.4 Å². The van der Waals surface area contributed by atoms with E-state index in [1.54, 1.807) is 60.7 Å². The molecule has 8 heteroatoms. The smallest absolute Gasteiger partial charge is 0.299 e. The first-order valence-corrected chi connectivity index (χ1v) is 11.4. The number of benzene rings is 3. The van der Waals surface area contributed by atoms with Gasteiger partial charge >= 0.3 is 0 Å². The highest BCUT2D eigenvalue weighted by atomic mass is 35.5. The fourth-order valence-electron chi connectivity index (χ4n) is 3.70. The van der Waals surface area contributed by atoms with Crippen molar-refractivity contribution in [3.63, 3.8) is 0 Å². The molecule has 1 aliphatic rings. The fraction of sp³-hybridized carbons (Fsp3) is 0.185. The number of nitrogens with one attached hydrogen (secondary N) is 2. The van der Waals surface area contributed by atoms with Crippen LogP contribution in [0.15, 0.2) is 66.7 Å². The highest BCUT2D eigenvalue weighted by Crippen LogP contribution is 2.32. The van der Waals surface area contributed by atoms with Gasteiger partial charge in [0.15, 0.2) is 0 Å². The standard InChI is InChI=1S/C27H24ClN3O4/c1-27(2,3)30-25(34)18-6-4-16(5-7-18)15-31-22-13-12-20(14-21(22)23(32)26(31)35)29-24(33)17-8-10-19(28)11-9-17/h4-14H,15H2,1-3H3,(H,29,33)(H,30,34). The number of ketones is 1. The molecule has 0 atom stereocenters. The number of anilines is 2. The summed E-state index contributed by atoms with van der Waals surface area (Å²) in [5, 5.41) is 6.16. The Labute approximate surface area is 208 Å². The van der Waals surface area contributed by atoms with E-state index in [1.165, 1.54) is 11.0 Å². The first-order chi connectivity index (χ1) is 16.5. The van der Waals surface area contributed by atoms with Crippen LogP contribution in [-0.4, -0.2) is 29.0 Å². The van der Waals surface area contributed by atoms with Crippen molar-refractivity contribution in [1.82, 2.24) is 5.32 Å². The summed E-state index contributed by atoms with van der Waals surface area (Å²) in [6, 6.07) is 18.1. The van der Waals surface area contributed by atoms with E-state index in [1.807, 2.05) is 20.8 Å². The topological polar surface area (TPSA) is 95.6 Å². The van der Waals surface area contributed by atoms with Gasteiger partial charge in [0.1, 0.15) is 0 Å². The third-order valence-corrected chi connectivity index (χ3v) is 5.63. The zero-order chi connectivity index (χ0) is 25.3. The van der Waals surface area contributed by atoms with Crippen molar-refractivity contribution in [3.05, 3.63) is 94.0 Å². The minimum atomic E-state index is -0.643. The summed E-state index contributed by atoms with van der Waals surface area (Å²) < 4.78 is 0. The molecule has 3 amide bonds. The average Bonchev–Trinajstić information content (AvgIpc) is 3.03. The zero-order valence-corrected chi connectivity index (χ0v) is 20.3. The second-order valence-corrected chi connectivity index (χ2v) is 9.75. The molecule has 7 nitrogen and oxygen atoms in total. The lowest BCUT2D eigenvalue weighted by molar-refractivity contribution is -0.114. The molecular formula is C27H24ClN3O4. The molecule has 35 heavy (non-hydrogen) atoms. The molecule has 4 rings (SSSR count). The third kappa shape index (κ3) is 5.41. The summed E-state index contributed by atoms with van der Waals surface area (Å²) >= 11 is 5.86. The van der Waals surface area contributed by atoms with Crippen LogP contribution < -0.4 is 15.5 Å². The van der Waals surface area contributed by atoms with Gasteiger partial charge in [-0.1, -0.05) is 23.7 Å². The van der Waals surface area contributed by atoms with Crippen molar-refractivity contribution < 1.29 is 19.2 Å². The van der Waals surface area contributed by atoms with Crippen LogP contribution >= 0.6 is 11.6 Å². The summed E-state index contributed by atoms with van der Waals surface area (Å²) in [7, 11) is 0. The Morgan fingerprint density at radius 3 is 2.09 bits per heavy atom. The predicted octanol–water partition coefficient (Wildman–Crippen LogP) is 4.85. The molecule has 0 aromatic heterocycles. The summed E-state index contributed by atoms with van der Waals surface area (Å²) in [5.74, 6) is -1.82. The van der Waals surface area contributed by atoms with E-state index in [0.29, 0.717) is 27.5 Å². The van der Waals surface area contributed by atoms with Crippen molar-refractivity contribution >= 4 is 46.5 Å². The predicted molar refractivity (Wildman–Crippen MR) is 135 cm³/mol. The van der Waals surface area contributed by atoms with Crippen molar-refractivity contribution in [1.29, 1.82) is 0 Å². The van der Waals surface area contributed by atoms with Crippen LogP contribution in [0.5, 0.6) is 0 Å². The molecule has 0 fully saturated rings. The van der Waals surface area contributed by atoms with E-state index in [-0.39, 0.29) is 29.5 Å². The SMILES string of the molecule is CC(C)(C)NC(=O)c1ccc(CN2C(=O)C(=O)c3cc(NC(=O)c4ccc(Cl)cc4)ccc32)cc1. The van der Waals surface area contributed by atoms with Gasteiger partial charge in [-0.25, -0.2) is 0 Å². The highest BCUT2D eigenvalue weighted by molar-refractivity contribution is 6.52. The molecule has 0 saturated carbocycles. The van der Waals surface area contributed by atoms with Gasteiger partial charge in [-0.2, -0.15) is 0 Å². The normalized spacial score (nSPS) is 13.0. The Morgan fingerprint density at radius 2 is 1.46 bits per heavy atom. The van der Waals surface area contributed by atoms with Crippen LogP contribution in [-0.2, 0) is 11.3 Å². The van der Waals surface area contributed by atoms with Crippen molar-refractivity contribution in [2.45, 2.75) is 32.9 Å². The molecule has 178 valence electrons. The lowest BCUT2D eigenvalue weighted by Crippen LogP contribution is -2.40. The first-order valence-electron chi connectivity index (χ1n) is 11.0. The third-order valence-electron chi connectivity index (χ3n) is 5.38. The number of Topliss-reactive ketones (excluding diaryl/α,β-unsaturated/α-hetero) is 1. The fourth-order valence-corrected chi connectivity index (χ4v) is 3.82. The van der Waals surface area contributed by atoms with Gasteiger partial charge in [-0.05, 0) is 80.9 Å². The quantitative estimate of drug-likeness (QED) is 0.501. The molecular weight excluding hydrogens is 466 g/mol. The molecule has 3 aromatic rings. The monoisotopic (exact) mass is 489 g/mol. The van der Waals surface area contributed by atoms with E-state index in [0.717, 1.165) is 5.56 Å². The molecule has 0 aliphatic carbocycles. The summed E-state index contributed by atoms with van der Waals surface area (Å²) in [5.41, 5.74) is 2.44. The summed E-state index contributed by atoms with van der Waals surface area (Å²) in [6.45, 7) is 5.89. The van der Waals surface area contributed by atoms with E-state index < -0.39 is 11.7 Å². The molecule has 0 radical (unpaired) electrons. The van der Waals surface area contributed by atoms with E-state index >= 15 is 0 Å². The molecule has 1 aliphatic heterocycles. The number of halogens is 1. The molecule has 0 bridgehead atoms. The van der Waals surface area contributed by atoms with Crippen molar-refractivity contribution in [2.24, 2.45) is 0 Å². The Balaban J connectivity index is 1.49. The van der Waals surface area contributed by atoms with E-state index in [2.05, 4.69) is 10.6 Å². The number of carbonyl (C=O) groups is 4. The average molecular weight is 490 g/mol.